The number of rotatable bonds is 19. The summed E-state index contributed by atoms with van der Waals surface area (Å²) in [7, 11) is 5.15. The van der Waals surface area contributed by atoms with Crippen molar-refractivity contribution in [1.29, 1.82) is 0 Å². The van der Waals surface area contributed by atoms with Crippen LogP contribution in [0.4, 0.5) is 0 Å². The Hall–Kier alpha value is -14.1. The molecule has 15 atom stereocenters. The number of carbonyl (C=O) groups excluding carboxylic acids is 15. The number of hydrogen-bond donors (Lipinski definition) is 18. The molecule has 9 rings (SSSR count). The number of aromatic nitrogens is 6. The maximum absolute atomic E-state index is 15.4. The Labute approximate surface area is 829 Å². The summed E-state index contributed by atoms with van der Waals surface area (Å²) in [5.41, 5.74) is 15.1. The number of carbonyl (C=O) groups is 19. The smallest absolute Gasteiger partial charge is 0.305 e. The lowest BCUT2D eigenvalue weighted by molar-refractivity contribution is -0.142. The molecule has 0 radical (unpaired) electrons. The van der Waals surface area contributed by atoms with E-state index in [1.807, 2.05) is 12.1 Å². The van der Waals surface area contributed by atoms with Gasteiger partial charge >= 0.3 is 23.9 Å². The zero-order chi connectivity index (χ0) is 104. The molecule has 8 bridgehead atoms. The van der Waals surface area contributed by atoms with Gasteiger partial charge in [-0.3, -0.25) is 110 Å². The van der Waals surface area contributed by atoms with Gasteiger partial charge in [-0.25, -0.2) is 0 Å². The second-order valence-corrected chi connectivity index (χ2v) is 39.5. The normalized spacial score (nSPS) is 24.0. The number of nitrogens with zero attached hydrogens (tertiary/aromatic N) is 7. The van der Waals surface area contributed by atoms with Crippen molar-refractivity contribution in [2.75, 3.05) is 17.3 Å². The second kappa shape index (κ2) is 52.4. The molecule has 0 fully saturated rings. The molecule has 7 aromatic rings. The van der Waals surface area contributed by atoms with E-state index in [-0.39, 0.29) is 66.1 Å². The van der Waals surface area contributed by atoms with Gasteiger partial charge in [0.05, 0.1) is 71.4 Å². The number of carboxylic acid groups (broad SMARTS) is 4. The quantitative estimate of drug-likeness (QED) is 0.0528. The molecule has 2 aliphatic rings. The minimum Gasteiger partial charge on any atom is -0.508 e. The first kappa shape index (κ1) is 112. The van der Waals surface area contributed by atoms with E-state index < -0.39 is 278 Å². The molecule has 44 nitrogen and oxygen atoms in total. The van der Waals surface area contributed by atoms with Crippen LogP contribution in [-0.4, -0.2) is 256 Å². The number of primary amides is 2. The van der Waals surface area contributed by atoms with Gasteiger partial charge < -0.3 is 95.5 Å². The van der Waals surface area contributed by atoms with Gasteiger partial charge in [0.2, 0.25) is 76.8 Å². The van der Waals surface area contributed by atoms with E-state index in [4.69, 9.17) is 26.8 Å². The first-order valence-electron chi connectivity index (χ1n) is 45.8. The van der Waals surface area contributed by atoms with Crippen molar-refractivity contribution in [3.63, 3.8) is 0 Å². The zero-order valence-electron chi connectivity index (χ0n) is 79.9. The predicted molar refractivity (Wildman–Crippen MR) is 519 cm³/mol. The number of thioether (sulfide) groups is 3. The van der Waals surface area contributed by atoms with Gasteiger partial charge in [0.25, 0.3) is 0 Å². The van der Waals surface area contributed by atoms with Crippen molar-refractivity contribution in [2.24, 2.45) is 55.8 Å². The van der Waals surface area contributed by atoms with Crippen LogP contribution < -0.4 is 70.0 Å². The summed E-state index contributed by atoms with van der Waals surface area (Å²) in [6, 6.07) is 10.8. The summed E-state index contributed by atoms with van der Waals surface area (Å²) in [4.78, 5) is 271. The fourth-order valence-corrected chi connectivity index (χ4v) is 18.8. The van der Waals surface area contributed by atoms with Crippen molar-refractivity contribution in [1.82, 2.24) is 92.7 Å². The van der Waals surface area contributed by atoms with Crippen LogP contribution in [0.5, 0.6) is 5.75 Å². The molecule has 4 aromatic carbocycles. The molecule has 47 heteroatoms. The van der Waals surface area contributed by atoms with Crippen molar-refractivity contribution in [2.45, 2.75) is 222 Å². The molecule has 13 amide bonds. The van der Waals surface area contributed by atoms with Gasteiger partial charge in [-0.1, -0.05) is 113 Å². The molecular weight excluding hydrogens is 1900 g/mol. The SMILES string of the molecule is C[C@H]1CSCc2cc(n(C)n2)CN2Cc3cc(nn3C)CSC[C@@H](C(N)=O)CC(=O)[C@H](C(C)(C)C)NC(=O)[C@H](CC(=O)O)NC(=O)[C@H](Cc3ccc(O)cc3)NC(=O)[C@H](Cc3ccccc3)NC(=O)[C@H](CC(=O)O)NC(=O)[C@H](CCC(=O)O)NC(=O)[C@H](CSCc3cc(n(C)n3)C2)NC(=O)[C@@H](C)NC(=O)[C@H](Cc2cccc3ccccc23)CC(=O)[C@H](CCC(=O)O)NC(=O)[C@H](CC(N)=O)NC(=O)[C@@H](C)NC1=O. The lowest BCUT2D eigenvalue weighted by Gasteiger charge is -2.32. The summed E-state index contributed by atoms with van der Waals surface area (Å²) in [6.07, 6.45) is -8.84. The van der Waals surface area contributed by atoms with E-state index in [9.17, 15) is 92.7 Å². The number of benzene rings is 4. The van der Waals surface area contributed by atoms with Gasteiger partial charge in [0.15, 0.2) is 11.6 Å². The molecule has 142 heavy (non-hydrogen) atoms. The van der Waals surface area contributed by atoms with E-state index in [1.54, 1.807) is 130 Å². The molecular formula is C95H122N20O24S3. The number of nitrogens with two attached hydrogens (primary N) is 2. The molecule has 0 saturated carbocycles. The van der Waals surface area contributed by atoms with Crippen LogP contribution in [0, 0.1) is 23.2 Å². The van der Waals surface area contributed by atoms with Crippen molar-refractivity contribution >= 4 is 158 Å². The lowest BCUT2D eigenvalue weighted by Crippen LogP contribution is -2.61. The standard InChI is InChI=1S/C95H122N20O24S3/c1-50-44-140-46-59-35-62(112(7)109-59)41-115-42-63-36-60(110-113(63)8)47-141-45-58(83(97)128)34-76(118)82(95(4,5)6)108-93(138)73(40-81(126)127)106-90(135)70(31-54-22-24-65(116)25-23-54)103-89(134)69(30-53-16-11-10-12-17-53)104-92(137)72(39-80(124)125)105-88(133)68(27-29-79(122)123)101-94(139)74(49-142-48-61-37-64(43-115)114(9)111-61)107-86(131)52(3)99-87(132)57(32-56-20-15-19-55-18-13-14-21-66(55)56)33-75(117)67(26-28-78(120)121)100-91(136)71(38-77(96)119)102-85(130)51(2)98-84(50)129/h10-25,35-37,50-52,57-58,67-74,82,116H,26-34,38-49H2,1-9H3,(H2,96,119)(H2,97,128)(H,98,129)(H,99,132)(H,100,136)(H,101,139)(H,102,130)(H,103,134)(H,104,137)(H,105,133)(H,106,135)(H,107,131)(H,108,138)(H,120,121)(H,122,123)(H,124,125)(H,126,127)/t50-,51+,52+,57+,58-,67-,68-,69-,70-,71-,72-,73-,74-,82+/m0/s1. The van der Waals surface area contributed by atoms with Crippen LogP contribution in [0.25, 0.3) is 10.8 Å². The third-order valence-corrected chi connectivity index (χ3v) is 27.1. The predicted octanol–water partition coefficient (Wildman–Crippen LogP) is 0.648. The van der Waals surface area contributed by atoms with Crippen LogP contribution in [0.3, 0.4) is 0 Å². The monoisotopic (exact) mass is 2020 g/mol. The number of phenolic OH excluding ortho intramolecular Hbond substituents is 1. The Balaban J connectivity index is 1.15. The number of aliphatic carboxylic acids is 4. The largest absolute Gasteiger partial charge is 0.508 e. The summed E-state index contributed by atoms with van der Waals surface area (Å²) in [5, 5.41) is 94.4. The number of fused-ring (bicyclic) bond motifs is 9. The number of nitrogens with one attached hydrogen (secondary N) is 11. The minimum absolute atomic E-state index is 0.0287. The maximum Gasteiger partial charge on any atom is 0.305 e. The highest BCUT2D eigenvalue weighted by Crippen LogP contribution is 2.30. The average Bonchev–Trinajstić information content (AvgIpc) is 0.881. The van der Waals surface area contributed by atoms with E-state index in [2.05, 4.69) is 63.4 Å². The Morgan fingerprint density at radius 2 is 0.838 bits per heavy atom. The highest BCUT2D eigenvalue weighted by molar-refractivity contribution is 7.99. The minimum atomic E-state index is -2.22. The van der Waals surface area contributed by atoms with Crippen LogP contribution in [0.2, 0.25) is 0 Å². The average molecular weight is 2020 g/mol. The molecule has 0 saturated heterocycles. The lowest BCUT2D eigenvalue weighted by atomic mass is 9.81. The van der Waals surface area contributed by atoms with E-state index >= 15 is 24.0 Å². The second-order valence-electron chi connectivity index (χ2n) is 36.4. The highest BCUT2D eigenvalue weighted by atomic mass is 32.2. The van der Waals surface area contributed by atoms with Gasteiger partial charge in [-0.15, -0.1) is 0 Å². The molecule has 20 N–H and O–H groups in total. The van der Waals surface area contributed by atoms with Crippen LogP contribution in [0.15, 0.2) is 115 Å². The van der Waals surface area contributed by atoms with Crippen molar-refractivity contribution in [3.8, 4) is 5.75 Å². The third-order valence-electron chi connectivity index (χ3n) is 23.7. The van der Waals surface area contributed by atoms with E-state index in [1.165, 1.54) is 73.8 Å². The molecule has 0 spiro atoms. The van der Waals surface area contributed by atoms with Gasteiger partial charge in [-0.2, -0.15) is 50.6 Å². The Bertz CT molecular complexity index is 5780. The number of ketones is 2. The van der Waals surface area contributed by atoms with Crippen LogP contribution in [-0.2, 0) is 168 Å². The van der Waals surface area contributed by atoms with Crippen molar-refractivity contribution < 1.29 is 117 Å². The Kier molecular flexibility index (Phi) is 41.2. The summed E-state index contributed by atoms with van der Waals surface area (Å²) in [6.45, 7) is 9.46. The number of amides is 13. The maximum atomic E-state index is 15.4. The Morgan fingerprint density at radius 3 is 1.35 bits per heavy atom. The zero-order valence-corrected chi connectivity index (χ0v) is 82.4. The topological polar surface area (TPSA) is 667 Å². The Morgan fingerprint density at radius 1 is 0.415 bits per heavy atom. The summed E-state index contributed by atoms with van der Waals surface area (Å²) < 4.78 is 4.96. The molecule has 0 aliphatic carbocycles. The van der Waals surface area contributed by atoms with Gasteiger partial charge in [-0.05, 0) is 96.3 Å². The van der Waals surface area contributed by atoms with Crippen molar-refractivity contribution in [3.05, 3.63) is 166 Å². The molecule has 3 aromatic heterocycles. The van der Waals surface area contributed by atoms with E-state index in [0.717, 1.165) is 11.8 Å². The number of phenols is 1. The first-order valence-corrected chi connectivity index (χ1v) is 49.2. The fraction of sp³-hybridized carbons (Fsp3) is 0.474. The number of Topliss-reactive ketones (excluding diaryl/α,β-unsaturated/α-hetero) is 2. The summed E-state index contributed by atoms with van der Waals surface area (Å²) in [5.74, 6) is -25.8. The fourth-order valence-electron chi connectivity index (χ4n) is 15.9. The summed E-state index contributed by atoms with van der Waals surface area (Å²) >= 11 is 3.59. The van der Waals surface area contributed by atoms with Gasteiger partial charge in [0.1, 0.15) is 60.1 Å². The van der Waals surface area contributed by atoms with Crippen LogP contribution >= 0.6 is 35.3 Å². The third kappa shape index (κ3) is 34.4. The van der Waals surface area contributed by atoms with E-state index in [0.29, 0.717) is 56.1 Å². The van der Waals surface area contributed by atoms with Crippen LogP contribution in [0.1, 0.15) is 150 Å². The number of aryl methyl sites for hydroxylation is 3. The molecule has 2 aliphatic heterocycles. The molecule has 1 unspecified atom stereocenters. The van der Waals surface area contributed by atoms with Gasteiger partial charge in [0, 0.05) is 126 Å². The number of carboxylic acids is 4. The number of aromatic hydroxyl groups is 1. The highest BCUT2D eigenvalue weighted by Gasteiger charge is 2.42. The first-order chi connectivity index (χ1) is 67.1. The number of hydrogen-bond acceptors (Lipinski definition) is 27. The molecule has 5 heterocycles. The molecule has 764 valence electrons.